The zero-order valence-corrected chi connectivity index (χ0v) is 9.16. The van der Waals surface area contributed by atoms with Gasteiger partial charge in [-0.3, -0.25) is 4.98 Å². The van der Waals surface area contributed by atoms with Crippen molar-refractivity contribution in [3.8, 4) is 0 Å². The lowest BCUT2D eigenvalue weighted by molar-refractivity contribution is 0.475. The molecule has 0 aliphatic heterocycles. The first-order valence-corrected chi connectivity index (χ1v) is 5.42. The second kappa shape index (κ2) is 6.55. The predicted octanol–water partition coefficient (Wildman–Crippen LogP) is 2.61. The van der Waals surface area contributed by atoms with E-state index < -0.39 is 0 Å². The maximum absolute atomic E-state index is 4.08. The molecule has 0 aromatic carbocycles. The minimum absolute atomic E-state index is 0.775. The van der Waals surface area contributed by atoms with E-state index in [1.165, 1.54) is 18.4 Å². The van der Waals surface area contributed by atoms with Crippen molar-refractivity contribution < 1.29 is 0 Å². The first kappa shape index (κ1) is 11.2. The molecular weight excluding hydrogens is 172 g/mol. The normalized spacial score (nSPS) is 12.7. The fourth-order valence-corrected chi connectivity index (χ4v) is 1.56. The quantitative estimate of drug-likeness (QED) is 0.749. The number of aromatic nitrogens is 1. The highest BCUT2D eigenvalue weighted by Gasteiger charge is 1.99. The van der Waals surface area contributed by atoms with E-state index >= 15 is 0 Å². The van der Waals surface area contributed by atoms with Crippen molar-refractivity contribution in [1.82, 2.24) is 10.3 Å². The molecule has 0 fully saturated rings. The Morgan fingerprint density at radius 3 is 3.00 bits per heavy atom. The van der Waals surface area contributed by atoms with Crippen LogP contribution in [0, 0.1) is 5.92 Å². The van der Waals surface area contributed by atoms with Crippen molar-refractivity contribution in [2.75, 3.05) is 6.54 Å². The van der Waals surface area contributed by atoms with Gasteiger partial charge >= 0.3 is 0 Å². The van der Waals surface area contributed by atoms with Crippen LogP contribution >= 0.6 is 0 Å². The summed E-state index contributed by atoms with van der Waals surface area (Å²) in [7, 11) is 0. The standard InChI is InChI=1S/C12H20N2/c1-3-5-11(2)8-14-10-12-6-4-7-13-9-12/h4,6-7,9,11,14H,3,5,8,10H2,1-2H3/t11-/m0/s1. The molecule has 0 saturated carbocycles. The molecule has 78 valence electrons. The number of hydrogen-bond donors (Lipinski definition) is 1. The molecule has 2 heteroatoms. The lowest BCUT2D eigenvalue weighted by Gasteiger charge is -2.10. The van der Waals surface area contributed by atoms with E-state index in [1.54, 1.807) is 0 Å². The summed E-state index contributed by atoms with van der Waals surface area (Å²) in [5.74, 6) is 0.775. The molecule has 1 aromatic rings. The zero-order chi connectivity index (χ0) is 10.2. The lowest BCUT2D eigenvalue weighted by atomic mass is 10.1. The molecule has 14 heavy (non-hydrogen) atoms. The van der Waals surface area contributed by atoms with Crippen LogP contribution in [0.2, 0.25) is 0 Å². The second-order valence-corrected chi connectivity index (χ2v) is 3.89. The summed E-state index contributed by atoms with van der Waals surface area (Å²) in [5, 5.41) is 3.45. The van der Waals surface area contributed by atoms with Crippen LogP contribution in [-0.4, -0.2) is 11.5 Å². The largest absolute Gasteiger partial charge is 0.312 e. The van der Waals surface area contributed by atoms with Gasteiger partial charge in [0, 0.05) is 18.9 Å². The van der Waals surface area contributed by atoms with E-state index in [-0.39, 0.29) is 0 Å². The van der Waals surface area contributed by atoms with Gasteiger partial charge in [-0.1, -0.05) is 26.3 Å². The Morgan fingerprint density at radius 1 is 1.50 bits per heavy atom. The van der Waals surface area contributed by atoms with Crippen molar-refractivity contribution >= 4 is 0 Å². The van der Waals surface area contributed by atoms with Gasteiger partial charge in [0.2, 0.25) is 0 Å². The summed E-state index contributed by atoms with van der Waals surface area (Å²) in [6.07, 6.45) is 6.30. The molecular formula is C12H20N2. The Labute approximate surface area is 86.8 Å². The van der Waals surface area contributed by atoms with Gasteiger partial charge in [-0.05, 0) is 30.5 Å². The van der Waals surface area contributed by atoms with Crippen LogP contribution in [0.15, 0.2) is 24.5 Å². The molecule has 0 saturated heterocycles. The average Bonchev–Trinajstić information content (AvgIpc) is 2.20. The molecule has 1 rings (SSSR count). The summed E-state index contributed by atoms with van der Waals surface area (Å²) in [5.41, 5.74) is 1.26. The Bertz CT molecular complexity index is 233. The number of hydrogen-bond acceptors (Lipinski definition) is 2. The highest BCUT2D eigenvalue weighted by atomic mass is 14.9. The van der Waals surface area contributed by atoms with Crippen LogP contribution < -0.4 is 5.32 Å². The van der Waals surface area contributed by atoms with Gasteiger partial charge in [-0.2, -0.15) is 0 Å². The van der Waals surface area contributed by atoms with Crippen LogP contribution in [0.1, 0.15) is 32.3 Å². The minimum atomic E-state index is 0.775. The molecule has 0 unspecified atom stereocenters. The molecule has 0 radical (unpaired) electrons. The van der Waals surface area contributed by atoms with Crippen LogP contribution in [0.3, 0.4) is 0 Å². The summed E-state index contributed by atoms with van der Waals surface area (Å²) in [4.78, 5) is 4.08. The fraction of sp³-hybridized carbons (Fsp3) is 0.583. The van der Waals surface area contributed by atoms with E-state index in [0.29, 0.717) is 0 Å². The van der Waals surface area contributed by atoms with Gasteiger partial charge in [0.15, 0.2) is 0 Å². The van der Waals surface area contributed by atoms with E-state index in [4.69, 9.17) is 0 Å². The van der Waals surface area contributed by atoms with E-state index in [2.05, 4.69) is 30.2 Å². The molecule has 2 nitrogen and oxygen atoms in total. The zero-order valence-electron chi connectivity index (χ0n) is 9.16. The van der Waals surface area contributed by atoms with Crippen LogP contribution in [0.4, 0.5) is 0 Å². The van der Waals surface area contributed by atoms with E-state index in [1.807, 2.05) is 18.5 Å². The Hall–Kier alpha value is -0.890. The predicted molar refractivity (Wildman–Crippen MR) is 60.0 cm³/mol. The van der Waals surface area contributed by atoms with Gasteiger partial charge < -0.3 is 5.32 Å². The van der Waals surface area contributed by atoms with Crippen molar-refractivity contribution in [3.05, 3.63) is 30.1 Å². The molecule has 1 heterocycles. The first-order chi connectivity index (χ1) is 6.83. The minimum Gasteiger partial charge on any atom is -0.312 e. The van der Waals surface area contributed by atoms with Gasteiger partial charge in [-0.15, -0.1) is 0 Å². The highest BCUT2D eigenvalue weighted by Crippen LogP contribution is 2.03. The number of nitrogens with one attached hydrogen (secondary N) is 1. The third-order valence-electron chi connectivity index (χ3n) is 2.33. The smallest absolute Gasteiger partial charge is 0.0312 e. The molecule has 0 aliphatic rings. The van der Waals surface area contributed by atoms with Gasteiger partial charge in [-0.25, -0.2) is 0 Å². The highest BCUT2D eigenvalue weighted by molar-refractivity contribution is 5.07. The summed E-state index contributed by atoms with van der Waals surface area (Å²) >= 11 is 0. The van der Waals surface area contributed by atoms with E-state index in [0.717, 1.165) is 19.0 Å². The Morgan fingerprint density at radius 2 is 2.36 bits per heavy atom. The molecule has 0 spiro atoms. The Balaban J connectivity index is 2.16. The summed E-state index contributed by atoms with van der Waals surface area (Å²) in [6, 6.07) is 4.08. The molecule has 0 bridgehead atoms. The molecule has 1 aromatic heterocycles. The maximum Gasteiger partial charge on any atom is 0.0312 e. The Kier molecular flexibility index (Phi) is 5.23. The molecule has 1 atom stereocenters. The SMILES string of the molecule is CCC[C@H](C)CNCc1cccnc1. The van der Waals surface area contributed by atoms with Gasteiger partial charge in [0.25, 0.3) is 0 Å². The number of pyridine rings is 1. The van der Waals surface area contributed by atoms with Gasteiger partial charge in [0.1, 0.15) is 0 Å². The van der Waals surface area contributed by atoms with Crippen LogP contribution in [-0.2, 0) is 6.54 Å². The lowest BCUT2D eigenvalue weighted by Crippen LogP contribution is -2.20. The maximum atomic E-state index is 4.08. The third kappa shape index (κ3) is 4.38. The molecule has 0 amide bonds. The van der Waals surface area contributed by atoms with Crippen molar-refractivity contribution in [3.63, 3.8) is 0 Å². The molecule has 1 N–H and O–H groups in total. The van der Waals surface area contributed by atoms with Crippen molar-refractivity contribution in [2.45, 2.75) is 33.2 Å². The number of rotatable bonds is 6. The topological polar surface area (TPSA) is 24.9 Å². The van der Waals surface area contributed by atoms with Gasteiger partial charge in [0.05, 0.1) is 0 Å². The summed E-state index contributed by atoms with van der Waals surface area (Å²) < 4.78 is 0. The van der Waals surface area contributed by atoms with Crippen molar-refractivity contribution in [2.24, 2.45) is 5.92 Å². The van der Waals surface area contributed by atoms with Crippen LogP contribution in [0.25, 0.3) is 0 Å². The second-order valence-electron chi connectivity index (χ2n) is 3.89. The third-order valence-corrected chi connectivity index (χ3v) is 2.33. The van der Waals surface area contributed by atoms with Crippen molar-refractivity contribution in [1.29, 1.82) is 0 Å². The monoisotopic (exact) mass is 192 g/mol. The summed E-state index contributed by atoms with van der Waals surface area (Å²) in [6.45, 7) is 6.56. The number of nitrogens with zero attached hydrogens (tertiary/aromatic N) is 1. The molecule has 0 aliphatic carbocycles. The van der Waals surface area contributed by atoms with Crippen LogP contribution in [0.5, 0.6) is 0 Å². The average molecular weight is 192 g/mol. The first-order valence-electron chi connectivity index (χ1n) is 5.42. The fourth-order valence-electron chi connectivity index (χ4n) is 1.56. The van der Waals surface area contributed by atoms with E-state index in [9.17, 15) is 0 Å².